The highest BCUT2D eigenvalue weighted by atomic mass is 32.2. The Bertz CT molecular complexity index is 817. The van der Waals surface area contributed by atoms with Crippen molar-refractivity contribution in [3.8, 4) is 0 Å². The van der Waals surface area contributed by atoms with Gasteiger partial charge in [-0.15, -0.1) is 0 Å². The summed E-state index contributed by atoms with van der Waals surface area (Å²) in [6, 6.07) is 4.40. The number of likely N-dealkylation sites (tertiary alicyclic amines) is 1. The topological polar surface area (TPSA) is 78.5 Å². The number of carbonyl (C=O) groups excluding carboxylic acids is 1. The van der Waals surface area contributed by atoms with Crippen molar-refractivity contribution in [2.75, 3.05) is 32.7 Å². The third-order valence-corrected chi connectivity index (χ3v) is 7.36. The molecule has 1 aromatic carbocycles. The first kappa shape index (κ1) is 22.0. The van der Waals surface area contributed by atoms with E-state index < -0.39 is 27.7 Å². The molecule has 2 N–H and O–H groups in total. The number of hydrogen-bond acceptors (Lipinski definition) is 4. The molecule has 0 aromatic heterocycles. The lowest BCUT2D eigenvalue weighted by molar-refractivity contribution is -0.137. The summed E-state index contributed by atoms with van der Waals surface area (Å²) in [7, 11) is -3.15. The van der Waals surface area contributed by atoms with Crippen LogP contribution in [0.25, 0.3) is 0 Å². The highest BCUT2D eigenvalue weighted by Crippen LogP contribution is 2.29. The second-order valence-electron chi connectivity index (χ2n) is 7.71. The van der Waals surface area contributed by atoms with Crippen molar-refractivity contribution in [2.45, 2.75) is 37.1 Å². The van der Waals surface area contributed by atoms with Crippen LogP contribution in [0.2, 0.25) is 0 Å². The van der Waals surface area contributed by atoms with Crippen LogP contribution in [0.4, 0.5) is 13.2 Å². The van der Waals surface area contributed by atoms with Crippen LogP contribution < -0.4 is 10.0 Å². The summed E-state index contributed by atoms with van der Waals surface area (Å²) in [6.45, 7) is 3.06. The highest BCUT2D eigenvalue weighted by molar-refractivity contribution is 7.90. The van der Waals surface area contributed by atoms with Crippen molar-refractivity contribution in [1.29, 1.82) is 0 Å². The summed E-state index contributed by atoms with van der Waals surface area (Å²) < 4.78 is 64.5. The first-order chi connectivity index (χ1) is 13.6. The molecule has 2 fully saturated rings. The predicted molar refractivity (Wildman–Crippen MR) is 103 cm³/mol. The molecule has 1 saturated carbocycles. The lowest BCUT2D eigenvalue weighted by Crippen LogP contribution is -2.42. The summed E-state index contributed by atoms with van der Waals surface area (Å²) >= 11 is 0. The monoisotopic (exact) mass is 433 g/mol. The smallest absolute Gasteiger partial charge is 0.352 e. The molecule has 0 radical (unpaired) electrons. The van der Waals surface area contributed by atoms with Crippen molar-refractivity contribution in [3.05, 3.63) is 35.4 Å². The SMILES string of the molecule is O=C(NCC1CCN(CCNS(=O)(=O)C2CC2)CC1)c1cccc(C(F)(F)F)c1. The Morgan fingerprint density at radius 1 is 1.14 bits per heavy atom. The Hall–Kier alpha value is -1.65. The first-order valence-corrected chi connectivity index (χ1v) is 11.4. The van der Waals surface area contributed by atoms with Crippen LogP contribution in [-0.2, 0) is 16.2 Å². The molecule has 2 aliphatic rings. The third-order valence-electron chi connectivity index (χ3n) is 5.41. The normalized spacial score (nSPS) is 19.3. The molecule has 0 atom stereocenters. The van der Waals surface area contributed by atoms with Gasteiger partial charge in [0, 0.05) is 25.2 Å². The van der Waals surface area contributed by atoms with Gasteiger partial charge >= 0.3 is 6.18 Å². The Balaban J connectivity index is 1.37. The van der Waals surface area contributed by atoms with Crippen LogP contribution in [0.5, 0.6) is 0 Å². The fourth-order valence-corrected chi connectivity index (χ4v) is 4.80. The quantitative estimate of drug-likeness (QED) is 0.659. The van der Waals surface area contributed by atoms with Crippen LogP contribution in [0.1, 0.15) is 41.6 Å². The second kappa shape index (κ2) is 9.01. The lowest BCUT2D eigenvalue weighted by Gasteiger charge is -2.32. The van der Waals surface area contributed by atoms with Gasteiger partial charge in [0.25, 0.3) is 5.91 Å². The molecule has 1 amide bonds. The highest BCUT2D eigenvalue weighted by Gasteiger charge is 2.35. The number of piperidine rings is 1. The maximum absolute atomic E-state index is 12.8. The zero-order valence-corrected chi connectivity index (χ0v) is 16.9. The van der Waals surface area contributed by atoms with Crippen LogP contribution in [0, 0.1) is 5.92 Å². The number of sulfonamides is 1. The van der Waals surface area contributed by atoms with E-state index in [0.29, 0.717) is 19.6 Å². The van der Waals surface area contributed by atoms with E-state index in [2.05, 4.69) is 14.9 Å². The molecular weight excluding hydrogens is 407 g/mol. The third kappa shape index (κ3) is 6.42. The molecule has 0 spiro atoms. The van der Waals surface area contributed by atoms with Gasteiger partial charge < -0.3 is 10.2 Å². The van der Waals surface area contributed by atoms with Crippen LogP contribution in [0.15, 0.2) is 24.3 Å². The molecule has 0 bridgehead atoms. The van der Waals surface area contributed by atoms with Gasteiger partial charge in [0.2, 0.25) is 10.0 Å². The van der Waals surface area contributed by atoms with Crippen molar-refractivity contribution >= 4 is 15.9 Å². The number of carbonyl (C=O) groups is 1. The fourth-order valence-electron chi connectivity index (χ4n) is 3.43. The molecule has 1 heterocycles. The van der Waals surface area contributed by atoms with E-state index in [1.54, 1.807) is 0 Å². The maximum atomic E-state index is 12.8. The molecule has 162 valence electrons. The van der Waals surface area contributed by atoms with E-state index in [4.69, 9.17) is 0 Å². The lowest BCUT2D eigenvalue weighted by atomic mass is 9.96. The van der Waals surface area contributed by atoms with Crippen molar-refractivity contribution in [1.82, 2.24) is 14.9 Å². The summed E-state index contributed by atoms with van der Waals surface area (Å²) in [6.07, 6.45) is -1.30. The molecule has 3 rings (SSSR count). The average molecular weight is 433 g/mol. The van der Waals surface area contributed by atoms with E-state index in [1.165, 1.54) is 12.1 Å². The van der Waals surface area contributed by atoms with Gasteiger partial charge in [-0.3, -0.25) is 4.79 Å². The van der Waals surface area contributed by atoms with E-state index in [0.717, 1.165) is 50.9 Å². The number of amides is 1. The average Bonchev–Trinajstić information content (AvgIpc) is 3.52. The zero-order valence-electron chi connectivity index (χ0n) is 16.0. The van der Waals surface area contributed by atoms with Gasteiger partial charge in [0.1, 0.15) is 0 Å². The molecule has 1 aliphatic heterocycles. The Labute approximate surface area is 168 Å². The fraction of sp³-hybridized carbons (Fsp3) is 0.632. The molecule has 10 heteroatoms. The largest absolute Gasteiger partial charge is 0.416 e. The molecule has 1 saturated heterocycles. The van der Waals surface area contributed by atoms with Gasteiger partial charge in [0.15, 0.2) is 0 Å². The Kier molecular flexibility index (Phi) is 6.85. The van der Waals surface area contributed by atoms with Crippen LogP contribution >= 0.6 is 0 Å². The van der Waals surface area contributed by atoms with Gasteiger partial charge in [-0.05, 0) is 62.9 Å². The second-order valence-corrected chi connectivity index (χ2v) is 9.76. The number of benzene rings is 1. The number of alkyl halides is 3. The maximum Gasteiger partial charge on any atom is 0.416 e. The number of nitrogens with one attached hydrogen (secondary N) is 2. The summed E-state index contributed by atoms with van der Waals surface area (Å²) in [5.74, 6) is -0.253. The Morgan fingerprint density at radius 2 is 1.83 bits per heavy atom. The van der Waals surface area contributed by atoms with Crippen molar-refractivity contribution < 1.29 is 26.4 Å². The molecule has 6 nitrogen and oxygen atoms in total. The summed E-state index contributed by atoms with van der Waals surface area (Å²) in [5.41, 5.74) is -0.837. The van der Waals surface area contributed by atoms with Crippen LogP contribution in [-0.4, -0.2) is 57.2 Å². The number of rotatable bonds is 8. The standard InChI is InChI=1S/C19H26F3N3O3S/c20-19(21,22)16-3-1-2-15(12-16)18(26)23-13-14-6-9-25(10-7-14)11-8-24-29(27,28)17-4-5-17/h1-3,12,14,17,24H,4-11,13H2,(H,23,26). The number of hydrogen-bond donors (Lipinski definition) is 2. The van der Waals surface area contributed by atoms with E-state index >= 15 is 0 Å². The van der Waals surface area contributed by atoms with Crippen molar-refractivity contribution in [2.24, 2.45) is 5.92 Å². The van der Waals surface area contributed by atoms with Gasteiger partial charge in [0.05, 0.1) is 10.8 Å². The molecule has 0 unspecified atom stereocenters. The van der Waals surface area contributed by atoms with Crippen LogP contribution in [0.3, 0.4) is 0 Å². The number of halogens is 3. The van der Waals surface area contributed by atoms with Gasteiger partial charge in [-0.2, -0.15) is 13.2 Å². The summed E-state index contributed by atoms with van der Waals surface area (Å²) in [4.78, 5) is 14.4. The first-order valence-electron chi connectivity index (χ1n) is 9.81. The predicted octanol–water partition coefficient (Wildman–Crippen LogP) is 2.23. The van der Waals surface area contributed by atoms with E-state index in [9.17, 15) is 26.4 Å². The minimum absolute atomic E-state index is 0.000192. The minimum atomic E-state index is -4.48. The molecule has 29 heavy (non-hydrogen) atoms. The van der Waals surface area contributed by atoms with E-state index in [1.807, 2.05) is 0 Å². The molecule has 1 aromatic rings. The summed E-state index contributed by atoms with van der Waals surface area (Å²) in [5, 5.41) is 2.51. The van der Waals surface area contributed by atoms with Gasteiger partial charge in [-0.1, -0.05) is 6.07 Å². The van der Waals surface area contributed by atoms with Gasteiger partial charge in [-0.25, -0.2) is 13.1 Å². The zero-order chi connectivity index (χ0) is 21.1. The molecular formula is C19H26F3N3O3S. The Morgan fingerprint density at radius 3 is 2.45 bits per heavy atom. The minimum Gasteiger partial charge on any atom is -0.352 e. The number of nitrogens with zero attached hydrogens (tertiary/aromatic N) is 1. The van der Waals surface area contributed by atoms with E-state index in [-0.39, 0.29) is 16.7 Å². The van der Waals surface area contributed by atoms with Crippen molar-refractivity contribution in [3.63, 3.8) is 0 Å². The molecule has 1 aliphatic carbocycles.